The van der Waals surface area contributed by atoms with Crippen molar-refractivity contribution in [1.82, 2.24) is 19.7 Å². The van der Waals surface area contributed by atoms with Gasteiger partial charge in [0.25, 0.3) is 5.56 Å². The Bertz CT molecular complexity index is 1010. The summed E-state index contributed by atoms with van der Waals surface area (Å²) in [6.45, 7) is 3.37. The SMILES string of the molecule is CC(=O)OCC1OC(c2nn(C)c3c(=O)[nH]cnc23)C(OC(C)=O)C1OC(C)=O. The summed E-state index contributed by atoms with van der Waals surface area (Å²) in [6, 6.07) is 0. The monoisotopic (exact) mass is 408 g/mol. The van der Waals surface area contributed by atoms with Gasteiger partial charge in [0.1, 0.15) is 30.0 Å². The number of aryl methyl sites for hydroxylation is 1. The number of esters is 3. The van der Waals surface area contributed by atoms with Crippen LogP contribution in [-0.2, 0) is 40.4 Å². The Labute approximate surface area is 164 Å². The number of H-pyrrole nitrogens is 1. The van der Waals surface area contributed by atoms with Crippen LogP contribution in [0, 0.1) is 0 Å². The molecule has 0 spiro atoms. The lowest BCUT2D eigenvalue weighted by molar-refractivity contribution is -0.165. The second kappa shape index (κ2) is 7.99. The summed E-state index contributed by atoms with van der Waals surface area (Å²) in [5.41, 5.74) is 0.252. The molecule has 1 aliphatic rings. The third-order valence-corrected chi connectivity index (χ3v) is 4.29. The summed E-state index contributed by atoms with van der Waals surface area (Å²) in [4.78, 5) is 53.3. The number of hydrogen-bond donors (Lipinski definition) is 1. The lowest BCUT2D eigenvalue weighted by Gasteiger charge is -2.22. The number of aromatic amines is 1. The number of nitrogens with zero attached hydrogens (tertiary/aromatic N) is 3. The summed E-state index contributed by atoms with van der Waals surface area (Å²) in [5.74, 6) is -1.83. The van der Waals surface area contributed by atoms with Crippen molar-refractivity contribution in [3.05, 3.63) is 22.4 Å². The Morgan fingerprint density at radius 1 is 1.14 bits per heavy atom. The maximum absolute atomic E-state index is 12.1. The predicted molar refractivity (Wildman–Crippen MR) is 94.5 cm³/mol. The molecule has 0 aliphatic carbocycles. The molecule has 2 aromatic heterocycles. The van der Waals surface area contributed by atoms with E-state index in [0.29, 0.717) is 0 Å². The van der Waals surface area contributed by atoms with Crippen LogP contribution in [0.2, 0.25) is 0 Å². The quantitative estimate of drug-likeness (QED) is 0.507. The fraction of sp³-hybridized carbons (Fsp3) is 0.529. The first kappa shape index (κ1) is 20.5. The summed E-state index contributed by atoms with van der Waals surface area (Å²) in [5, 5.41) is 4.30. The molecule has 0 amide bonds. The number of ether oxygens (including phenoxy) is 4. The van der Waals surface area contributed by atoms with Crippen LogP contribution in [0.1, 0.15) is 32.6 Å². The normalized spacial score (nSPS) is 23.7. The number of hydrogen-bond acceptors (Lipinski definition) is 10. The van der Waals surface area contributed by atoms with Crippen LogP contribution in [-0.4, -0.2) is 62.6 Å². The lowest BCUT2D eigenvalue weighted by atomic mass is 10.0. The van der Waals surface area contributed by atoms with E-state index in [9.17, 15) is 19.2 Å². The van der Waals surface area contributed by atoms with Gasteiger partial charge in [-0.15, -0.1) is 0 Å². The highest BCUT2D eigenvalue weighted by Gasteiger charge is 2.51. The van der Waals surface area contributed by atoms with Crippen molar-refractivity contribution >= 4 is 28.9 Å². The molecule has 0 saturated carbocycles. The maximum Gasteiger partial charge on any atom is 0.303 e. The van der Waals surface area contributed by atoms with E-state index in [1.807, 2.05) is 0 Å². The van der Waals surface area contributed by atoms with E-state index in [1.54, 1.807) is 7.05 Å². The van der Waals surface area contributed by atoms with Crippen molar-refractivity contribution in [1.29, 1.82) is 0 Å². The van der Waals surface area contributed by atoms with E-state index < -0.39 is 47.9 Å². The van der Waals surface area contributed by atoms with Crippen molar-refractivity contribution in [2.24, 2.45) is 7.05 Å². The van der Waals surface area contributed by atoms with Gasteiger partial charge in [-0.3, -0.25) is 23.9 Å². The number of nitrogens with one attached hydrogen (secondary N) is 1. The molecule has 3 heterocycles. The minimum Gasteiger partial charge on any atom is -0.463 e. The zero-order chi connectivity index (χ0) is 21.3. The van der Waals surface area contributed by atoms with E-state index in [-0.39, 0.29) is 23.3 Å². The van der Waals surface area contributed by atoms with Gasteiger partial charge < -0.3 is 23.9 Å². The van der Waals surface area contributed by atoms with Crippen molar-refractivity contribution in [3.8, 4) is 0 Å². The van der Waals surface area contributed by atoms with Gasteiger partial charge in [0.05, 0.1) is 6.33 Å². The van der Waals surface area contributed by atoms with Crippen LogP contribution in [0.15, 0.2) is 11.1 Å². The Kier molecular flexibility index (Phi) is 5.64. The highest BCUT2D eigenvalue weighted by molar-refractivity contribution is 5.77. The Morgan fingerprint density at radius 2 is 1.79 bits per heavy atom. The molecular formula is C17H20N4O8. The fourth-order valence-corrected chi connectivity index (χ4v) is 3.27. The van der Waals surface area contributed by atoms with E-state index >= 15 is 0 Å². The Hall–Kier alpha value is -3.28. The highest BCUT2D eigenvalue weighted by Crippen LogP contribution is 2.39. The van der Waals surface area contributed by atoms with Crippen molar-refractivity contribution in [2.45, 2.75) is 45.2 Å². The third kappa shape index (κ3) is 4.11. The van der Waals surface area contributed by atoms with Crippen LogP contribution < -0.4 is 5.56 Å². The Balaban J connectivity index is 2.07. The van der Waals surface area contributed by atoms with Crippen LogP contribution in [0.3, 0.4) is 0 Å². The Morgan fingerprint density at radius 3 is 2.41 bits per heavy atom. The highest BCUT2D eigenvalue weighted by atomic mass is 16.6. The number of aromatic nitrogens is 4. The zero-order valence-corrected chi connectivity index (χ0v) is 16.2. The van der Waals surface area contributed by atoms with E-state index in [2.05, 4.69) is 15.1 Å². The van der Waals surface area contributed by atoms with Crippen molar-refractivity contribution in [3.63, 3.8) is 0 Å². The summed E-state index contributed by atoms with van der Waals surface area (Å²) >= 11 is 0. The molecule has 1 N–H and O–H groups in total. The van der Waals surface area contributed by atoms with Crippen molar-refractivity contribution in [2.75, 3.05) is 6.61 Å². The maximum atomic E-state index is 12.1. The standard InChI is InChI=1S/C17H20N4O8/c1-7(22)26-5-10-14(27-8(2)23)16(28-9(3)24)15(29-10)12-11-13(21(4)20-12)17(25)19-6-18-11/h6,10,14-16H,5H2,1-4H3,(H,18,19,25). The molecule has 29 heavy (non-hydrogen) atoms. The molecule has 1 aliphatic heterocycles. The predicted octanol–water partition coefficient (Wildman–Crippen LogP) is -0.477. The molecule has 12 nitrogen and oxygen atoms in total. The molecule has 156 valence electrons. The summed E-state index contributed by atoms with van der Waals surface area (Å²) in [7, 11) is 1.55. The van der Waals surface area contributed by atoms with Gasteiger partial charge in [0, 0.05) is 27.8 Å². The molecule has 2 aromatic rings. The average molecular weight is 408 g/mol. The molecule has 1 fully saturated rings. The molecule has 0 radical (unpaired) electrons. The largest absolute Gasteiger partial charge is 0.463 e. The van der Waals surface area contributed by atoms with Crippen LogP contribution in [0.25, 0.3) is 11.0 Å². The van der Waals surface area contributed by atoms with Crippen LogP contribution in [0.4, 0.5) is 0 Å². The van der Waals surface area contributed by atoms with E-state index in [0.717, 1.165) is 0 Å². The lowest BCUT2D eigenvalue weighted by Crippen LogP contribution is -2.40. The minimum absolute atomic E-state index is 0.195. The summed E-state index contributed by atoms with van der Waals surface area (Å²) < 4.78 is 22.9. The molecule has 0 bridgehead atoms. The second-order valence-corrected chi connectivity index (χ2v) is 6.48. The number of fused-ring (bicyclic) bond motifs is 1. The topological polar surface area (TPSA) is 152 Å². The number of carbonyl (C=O) groups is 3. The molecule has 12 heteroatoms. The first-order chi connectivity index (χ1) is 13.7. The number of carbonyl (C=O) groups excluding carboxylic acids is 3. The van der Waals surface area contributed by atoms with Crippen molar-refractivity contribution < 1.29 is 33.3 Å². The average Bonchev–Trinajstić information content (AvgIpc) is 3.11. The van der Waals surface area contributed by atoms with Crippen LogP contribution >= 0.6 is 0 Å². The molecular weight excluding hydrogens is 388 g/mol. The zero-order valence-electron chi connectivity index (χ0n) is 16.2. The molecule has 0 aromatic carbocycles. The molecule has 4 unspecified atom stereocenters. The van der Waals surface area contributed by atoms with Gasteiger partial charge in [-0.1, -0.05) is 0 Å². The van der Waals surface area contributed by atoms with E-state index in [1.165, 1.54) is 31.8 Å². The van der Waals surface area contributed by atoms with E-state index in [4.69, 9.17) is 18.9 Å². The number of rotatable bonds is 5. The smallest absolute Gasteiger partial charge is 0.303 e. The minimum atomic E-state index is -1.09. The van der Waals surface area contributed by atoms with Gasteiger partial charge in [-0.05, 0) is 0 Å². The molecule has 4 atom stereocenters. The van der Waals surface area contributed by atoms with Gasteiger partial charge in [-0.25, -0.2) is 4.98 Å². The van der Waals surface area contributed by atoms with Gasteiger partial charge in [0.15, 0.2) is 17.7 Å². The fourth-order valence-electron chi connectivity index (χ4n) is 3.27. The first-order valence-electron chi connectivity index (χ1n) is 8.72. The van der Waals surface area contributed by atoms with Gasteiger partial charge in [-0.2, -0.15) is 5.10 Å². The van der Waals surface area contributed by atoms with Gasteiger partial charge >= 0.3 is 17.9 Å². The van der Waals surface area contributed by atoms with Gasteiger partial charge in [0.2, 0.25) is 0 Å². The first-order valence-corrected chi connectivity index (χ1v) is 8.72. The molecule has 1 saturated heterocycles. The molecule has 3 rings (SSSR count). The summed E-state index contributed by atoms with van der Waals surface area (Å²) in [6.07, 6.45) is -2.86. The third-order valence-electron chi connectivity index (χ3n) is 4.29. The second-order valence-electron chi connectivity index (χ2n) is 6.48. The van der Waals surface area contributed by atoms with Crippen LogP contribution in [0.5, 0.6) is 0 Å².